The summed E-state index contributed by atoms with van der Waals surface area (Å²) in [6.45, 7) is 0. The van der Waals surface area contributed by atoms with E-state index in [4.69, 9.17) is 10.5 Å². The second kappa shape index (κ2) is 6.37. The Morgan fingerprint density at radius 3 is 1.62 bits per heavy atom. The molecule has 4 nitrogen and oxygen atoms in total. The summed E-state index contributed by atoms with van der Waals surface area (Å²) in [5, 5.41) is 18.0. The molecule has 0 amide bonds. The molecule has 0 bridgehead atoms. The lowest BCUT2D eigenvalue weighted by Crippen LogP contribution is -1.97. The van der Waals surface area contributed by atoms with Crippen LogP contribution in [-0.2, 0) is 16.9 Å². The van der Waals surface area contributed by atoms with Gasteiger partial charge in [0.1, 0.15) is 0 Å². The van der Waals surface area contributed by atoms with Crippen LogP contribution in [0.1, 0.15) is 22.3 Å². The Bertz CT molecular complexity index is 724. The van der Waals surface area contributed by atoms with Crippen LogP contribution < -0.4 is 0 Å². The smallest absolute Gasteiger partial charge is 0.209 e. The third-order valence-electron chi connectivity index (χ3n) is 3.11. The Morgan fingerprint density at radius 2 is 1.24 bits per heavy atom. The van der Waals surface area contributed by atoms with Gasteiger partial charge in [-0.1, -0.05) is 36.4 Å². The standard InChI is InChI=1S/C16H13N2O2P/c17-9-13-5-1-3-7-15(13)11-21(19,20)12-16-8-4-2-6-14(16)10-18/h1-8H,11-12H2,(H,19,20). The number of hydrogen-bond donors (Lipinski definition) is 1. The van der Waals surface area contributed by atoms with Gasteiger partial charge in [0, 0.05) is 0 Å². The molecule has 0 aliphatic heterocycles. The van der Waals surface area contributed by atoms with Gasteiger partial charge in [0.2, 0.25) is 7.37 Å². The predicted molar refractivity (Wildman–Crippen MR) is 79.5 cm³/mol. The number of benzene rings is 2. The molecule has 0 radical (unpaired) electrons. The van der Waals surface area contributed by atoms with Crippen LogP contribution in [0.25, 0.3) is 0 Å². The van der Waals surface area contributed by atoms with Crippen molar-refractivity contribution in [3.05, 3.63) is 70.8 Å². The fraction of sp³-hybridized carbons (Fsp3) is 0.125. The number of rotatable bonds is 4. The summed E-state index contributed by atoms with van der Waals surface area (Å²) < 4.78 is 12.4. The molecule has 0 atom stereocenters. The van der Waals surface area contributed by atoms with Gasteiger partial charge in [-0.05, 0) is 23.3 Å². The first kappa shape index (κ1) is 15.0. The molecule has 0 aromatic heterocycles. The van der Waals surface area contributed by atoms with Gasteiger partial charge in [-0.2, -0.15) is 10.5 Å². The van der Waals surface area contributed by atoms with Gasteiger partial charge in [-0.3, -0.25) is 4.57 Å². The Morgan fingerprint density at radius 1 is 0.857 bits per heavy atom. The quantitative estimate of drug-likeness (QED) is 0.876. The molecule has 0 aliphatic rings. The lowest BCUT2D eigenvalue weighted by Gasteiger charge is -2.13. The molecule has 5 heteroatoms. The molecular formula is C16H13N2O2P. The first-order valence-corrected chi connectivity index (χ1v) is 8.35. The molecule has 104 valence electrons. The van der Waals surface area contributed by atoms with Gasteiger partial charge >= 0.3 is 0 Å². The maximum Gasteiger partial charge on any atom is 0.209 e. The highest BCUT2D eigenvalue weighted by molar-refractivity contribution is 7.56. The highest BCUT2D eigenvalue weighted by Crippen LogP contribution is 2.48. The number of nitrogens with zero attached hydrogens (tertiary/aromatic N) is 2. The minimum atomic E-state index is -3.52. The summed E-state index contributed by atoms with van der Waals surface area (Å²) in [6, 6.07) is 17.5. The first-order chi connectivity index (χ1) is 10.1. The van der Waals surface area contributed by atoms with E-state index in [1.165, 1.54) is 0 Å². The van der Waals surface area contributed by atoms with Crippen molar-refractivity contribution >= 4 is 7.37 Å². The van der Waals surface area contributed by atoms with Gasteiger partial charge in [0.05, 0.1) is 35.6 Å². The van der Waals surface area contributed by atoms with Gasteiger partial charge in [0.15, 0.2) is 0 Å². The monoisotopic (exact) mass is 296 g/mol. The third kappa shape index (κ3) is 3.80. The zero-order valence-electron chi connectivity index (χ0n) is 11.2. The summed E-state index contributed by atoms with van der Waals surface area (Å²) in [5.74, 6) is 0. The largest absolute Gasteiger partial charge is 0.344 e. The van der Waals surface area contributed by atoms with Crippen LogP contribution in [0.4, 0.5) is 0 Å². The Hall–Kier alpha value is -2.39. The SMILES string of the molecule is N#Cc1ccccc1CP(=O)(O)Cc1ccccc1C#N. The van der Waals surface area contributed by atoms with Crippen LogP contribution in [0, 0.1) is 22.7 Å². The first-order valence-electron chi connectivity index (χ1n) is 6.32. The van der Waals surface area contributed by atoms with E-state index >= 15 is 0 Å². The molecule has 0 fully saturated rings. The van der Waals surface area contributed by atoms with Gasteiger partial charge in [0.25, 0.3) is 0 Å². The van der Waals surface area contributed by atoms with E-state index in [2.05, 4.69) is 0 Å². The van der Waals surface area contributed by atoms with Crippen molar-refractivity contribution in [1.29, 1.82) is 10.5 Å². The van der Waals surface area contributed by atoms with E-state index in [1.54, 1.807) is 48.5 Å². The molecule has 21 heavy (non-hydrogen) atoms. The van der Waals surface area contributed by atoms with E-state index < -0.39 is 7.37 Å². The van der Waals surface area contributed by atoms with Crippen molar-refractivity contribution in [2.45, 2.75) is 12.3 Å². The summed E-state index contributed by atoms with van der Waals surface area (Å²) >= 11 is 0. The van der Waals surface area contributed by atoms with Gasteiger partial charge in [-0.25, -0.2) is 0 Å². The van der Waals surface area contributed by atoms with Crippen molar-refractivity contribution in [3.63, 3.8) is 0 Å². The topological polar surface area (TPSA) is 84.9 Å². The molecule has 2 rings (SSSR count). The highest BCUT2D eigenvalue weighted by Gasteiger charge is 2.22. The molecule has 0 aliphatic carbocycles. The Kier molecular flexibility index (Phi) is 4.55. The van der Waals surface area contributed by atoms with Crippen LogP contribution in [0.3, 0.4) is 0 Å². The molecular weight excluding hydrogens is 283 g/mol. The van der Waals surface area contributed by atoms with E-state index in [-0.39, 0.29) is 12.3 Å². The minimum absolute atomic E-state index is 0.0729. The van der Waals surface area contributed by atoms with Gasteiger partial charge < -0.3 is 4.89 Å². The molecule has 0 saturated carbocycles. The van der Waals surface area contributed by atoms with Crippen LogP contribution in [0.2, 0.25) is 0 Å². The van der Waals surface area contributed by atoms with E-state index in [1.807, 2.05) is 12.1 Å². The summed E-state index contributed by atoms with van der Waals surface area (Å²) in [7, 11) is -3.52. The molecule has 0 unspecified atom stereocenters. The molecule has 0 spiro atoms. The van der Waals surface area contributed by atoms with Crippen molar-refractivity contribution in [1.82, 2.24) is 0 Å². The summed E-state index contributed by atoms with van der Waals surface area (Å²) in [5.41, 5.74) is 1.92. The Balaban J connectivity index is 2.26. The van der Waals surface area contributed by atoms with E-state index in [0.717, 1.165) is 0 Å². The maximum absolute atomic E-state index is 12.4. The summed E-state index contributed by atoms with van der Waals surface area (Å²) in [4.78, 5) is 10.2. The number of nitriles is 2. The second-order valence-electron chi connectivity index (χ2n) is 4.70. The summed E-state index contributed by atoms with van der Waals surface area (Å²) in [6.07, 6.45) is -0.146. The van der Waals surface area contributed by atoms with Crippen molar-refractivity contribution in [2.75, 3.05) is 0 Å². The number of hydrogen-bond acceptors (Lipinski definition) is 3. The van der Waals surface area contributed by atoms with Crippen LogP contribution in [-0.4, -0.2) is 4.89 Å². The normalized spacial score (nSPS) is 10.6. The second-order valence-corrected chi connectivity index (χ2v) is 7.03. The molecule has 0 heterocycles. The van der Waals surface area contributed by atoms with E-state index in [0.29, 0.717) is 22.3 Å². The van der Waals surface area contributed by atoms with Crippen LogP contribution in [0.5, 0.6) is 0 Å². The fourth-order valence-corrected chi connectivity index (χ4v) is 3.85. The van der Waals surface area contributed by atoms with Crippen molar-refractivity contribution in [3.8, 4) is 12.1 Å². The van der Waals surface area contributed by atoms with Crippen LogP contribution >= 0.6 is 7.37 Å². The zero-order chi connectivity index (χ0) is 15.3. The minimum Gasteiger partial charge on any atom is -0.344 e. The average Bonchev–Trinajstić information content (AvgIpc) is 2.47. The van der Waals surface area contributed by atoms with E-state index in [9.17, 15) is 9.46 Å². The Labute approximate surface area is 123 Å². The molecule has 1 N–H and O–H groups in total. The molecule has 2 aromatic rings. The van der Waals surface area contributed by atoms with Gasteiger partial charge in [-0.15, -0.1) is 0 Å². The lowest BCUT2D eigenvalue weighted by molar-refractivity contribution is 0.475. The van der Waals surface area contributed by atoms with Crippen molar-refractivity contribution < 1.29 is 9.46 Å². The van der Waals surface area contributed by atoms with Crippen molar-refractivity contribution in [2.24, 2.45) is 0 Å². The highest BCUT2D eigenvalue weighted by atomic mass is 31.2. The predicted octanol–water partition coefficient (Wildman–Crippen LogP) is 3.40. The maximum atomic E-state index is 12.4. The third-order valence-corrected chi connectivity index (χ3v) is 4.78. The zero-order valence-corrected chi connectivity index (χ0v) is 12.1. The van der Waals surface area contributed by atoms with Crippen LogP contribution in [0.15, 0.2) is 48.5 Å². The fourth-order valence-electron chi connectivity index (χ4n) is 2.12. The molecule has 0 saturated heterocycles. The lowest BCUT2D eigenvalue weighted by atomic mass is 10.1. The molecule has 2 aromatic carbocycles. The average molecular weight is 296 g/mol.